The van der Waals surface area contributed by atoms with E-state index in [0.717, 1.165) is 18.4 Å². The van der Waals surface area contributed by atoms with E-state index in [9.17, 15) is 0 Å². The number of nitrogens with one attached hydrogen (secondary N) is 1. The minimum Gasteiger partial charge on any atom is -0.310 e. The number of halogens is 1. The first-order chi connectivity index (χ1) is 9.60. The average Bonchev–Trinajstić information content (AvgIpc) is 2.40. The van der Waals surface area contributed by atoms with Crippen LogP contribution in [0.25, 0.3) is 0 Å². The van der Waals surface area contributed by atoms with Gasteiger partial charge < -0.3 is 5.32 Å². The van der Waals surface area contributed by atoms with E-state index < -0.39 is 0 Å². The van der Waals surface area contributed by atoms with Gasteiger partial charge in [-0.3, -0.25) is 0 Å². The summed E-state index contributed by atoms with van der Waals surface area (Å²) in [5.74, 6) is 1.72. The first-order valence-electron chi connectivity index (χ1n) is 8.10. The van der Waals surface area contributed by atoms with E-state index in [1.807, 2.05) is 0 Å². The first kappa shape index (κ1) is 16.0. The Hall–Kier alpha value is -0.340. The lowest BCUT2D eigenvalue weighted by molar-refractivity contribution is 0.231. The molecular formula is C18H28BrN. The monoisotopic (exact) mass is 337 g/mol. The number of hydrogen-bond acceptors (Lipinski definition) is 1. The molecular weight excluding hydrogens is 310 g/mol. The van der Waals surface area contributed by atoms with Crippen molar-refractivity contribution in [3.8, 4) is 0 Å². The molecule has 1 unspecified atom stereocenters. The third kappa shape index (κ3) is 4.33. The van der Waals surface area contributed by atoms with Gasteiger partial charge in [-0.25, -0.2) is 0 Å². The summed E-state index contributed by atoms with van der Waals surface area (Å²) in [6.45, 7) is 7.95. The van der Waals surface area contributed by atoms with Crippen molar-refractivity contribution < 1.29 is 0 Å². The maximum atomic E-state index is 3.80. The minimum absolute atomic E-state index is 0.527. The highest BCUT2D eigenvalue weighted by atomic mass is 79.9. The average molecular weight is 338 g/mol. The Balaban J connectivity index is 2.17. The number of benzene rings is 1. The molecule has 1 atom stereocenters. The highest BCUT2D eigenvalue weighted by molar-refractivity contribution is 9.10. The predicted octanol–water partition coefficient (Wildman–Crippen LogP) is 5.62. The smallest absolute Gasteiger partial charge is 0.0349 e. The van der Waals surface area contributed by atoms with Gasteiger partial charge in [0.05, 0.1) is 0 Å². The lowest BCUT2D eigenvalue weighted by atomic mass is 9.77. The fraction of sp³-hybridized carbons (Fsp3) is 0.667. The SMILES string of the molecule is CCCNC(c1cc(C)cc(Br)c1)C1CCC(C)CC1. The summed E-state index contributed by atoms with van der Waals surface area (Å²) >= 11 is 3.66. The zero-order valence-corrected chi connectivity index (χ0v) is 14.7. The molecule has 0 amide bonds. The summed E-state index contributed by atoms with van der Waals surface area (Å²) in [5, 5.41) is 3.80. The Morgan fingerprint density at radius 1 is 1.20 bits per heavy atom. The Bertz CT molecular complexity index is 401. The van der Waals surface area contributed by atoms with Crippen LogP contribution < -0.4 is 5.32 Å². The second-order valence-electron chi connectivity index (χ2n) is 6.51. The van der Waals surface area contributed by atoms with Crippen LogP contribution in [0.1, 0.15) is 63.1 Å². The second kappa shape index (κ2) is 7.61. The summed E-state index contributed by atoms with van der Waals surface area (Å²) in [7, 11) is 0. The van der Waals surface area contributed by atoms with E-state index in [1.165, 1.54) is 47.7 Å². The summed E-state index contributed by atoms with van der Waals surface area (Å²) in [6, 6.07) is 7.39. The molecule has 0 bridgehead atoms. The number of rotatable bonds is 5. The zero-order chi connectivity index (χ0) is 14.5. The van der Waals surface area contributed by atoms with E-state index in [-0.39, 0.29) is 0 Å². The van der Waals surface area contributed by atoms with Crippen LogP contribution in [0.4, 0.5) is 0 Å². The van der Waals surface area contributed by atoms with Gasteiger partial charge >= 0.3 is 0 Å². The van der Waals surface area contributed by atoms with Crippen LogP contribution in [-0.2, 0) is 0 Å². The molecule has 1 nitrogen and oxygen atoms in total. The van der Waals surface area contributed by atoms with Crippen molar-refractivity contribution in [1.82, 2.24) is 5.32 Å². The van der Waals surface area contributed by atoms with Gasteiger partial charge in [-0.05, 0) is 67.8 Å². The summed E-state index contributed by atoms with van der Waals surface area (Å²) in [6.07, 6.45) is 6.72. The standard InChI is InChI=1S/C18H28BrN/c1-4-9-20-18(15-7-5-13(2)6-8-15)16-10-14(3)11-17(19)12-16/h10-13,15,18,20H,4-9H2,1-3H3. The largest absolute Gasteiger partial charge is 0.310 e. The maximum Gasteiger partial charge on any atom is 0.0349 e. The highest BCUT2D eigenvalue weighted by Crippen LogP contribution is 2.37. The Kier molecular flexibility index (Phi) is 6.10. The molecule has 1 aliphatic rings. The second-order valence-corrected chi connectivity index (χ2v) is 7.43. The summed E-state index contributed by atoms with van der Waals surface area (Å²) < 4.78 is 1.21. The third-order valence-corrected chi connectivity index (χ3v) is 5.03. The fourth-order valence-corrected chi connectivity index (χ4v) is 4.05. The Morgan fingerprint density at radius 3 is 2.50 bits per heavy atom. The molecule has 1 N–H and O–H groups in total. The van der Waals surface area contributed by atoms with Crippen LogP contribution in [0.5, 0.6) is 0 Å². The Morgan fingerprint density at radius 2 is 1.90 bits per heavy atom. The molecule has 2 rings (SSSR count). The lowest BCUT2D eigenvalue weighted by Gasteiger charge is -2.34. The van der Waals surface area contributed by atoms with Crippen molar-refractivity contribution in [2.75, 3.05) is 6.54 Å². The molecule has 0 saturated heterocycles. The van der Waals surface area contributed by atoms with E-state index in [4.69, 9.17) is 0 Å². The van der Waals surface area contributed by atoms with Crippen LogP contribution in [0, 0.1) is 18.8 Å². The van der Waals surface area contributed by atoms with Crippen molar-refractivity contribution in [2.45, 2.75) is 58.9 Å². The molecule has 2 heteroatoms. The van der Waals surface area contributed by atoms with Crippen LogP contribution in [0.15, 0.2) is 22.7 Å². The van der Waals surface area contributed by atoms with Crippen molar-refractivity contribution in [1.29, 1.82) is 0 Å². The minimum atomic E-state index is 0.527. The summed E-state index contributed by atoms with van der Waals surface area (Å²) in [4.78, 5) is 0. The zero-order valence-electron chi connectivity index (χ0n) is 13.1. The van der Waals surface area contributed by atoms with E-state index in [0.29, 0.717) is 6.04 Å². The van der Waals surface area contributed by atoms with Crippen LogP contribution in [-0.4, -0.2) is 6.54 Å². The maximum absolute atomic E-state index is 3.80. The molecule has 0 aliphatic heterocycles. The summed E-state index contributed by atoms with van der Waals surface area (Å²) in [5.41, 5.74) is 2.81. The first-order valence-corrected chi connectivity index (χ1v) is 8.90. The number of hydrogen-bond donors (Lipinski definition) is 1. The molecule has 0 aromatic heterocycles. The molecule has 112 valence electrons. The third-order valence-electron chi connectivity index (χ3n) is 4.57. The molecule has 1 aromatic rings. The molecule has 0 heterocycles. The molecule has 1 fully saturated rings. The molecule has 1 aromatic carbocycles. The van der Waals surface area contributed by atoms with Crippen molar-refractivity contribution in [3.63, 3.8) is 0 Å². The van der Waals surface area contributed by atoms with E-state index in [1.54, 1.807) is 0 Å². The fourth-order valence-electron chi connectivity index (χ4n) is 3.42. The Labute approximate surface area is 132 Å². The lowest BCUT2D eigenvalue weighted by Crippen LogP contribution is -2.31. The quantitative estimate of drug-likeness (QED) is 0.734. The van der Waals surface area contributed by atoms with Crippen LogP contribution in [0.3, 0.4) is 0 Å². The topological polar surface area (TPSA) is 12.0 Å². The van der Waals surface area contributed by atoms with Crippen LogP contribution in [0.2, 0.25) is 0 Å². The van der Waals surface area contributed by atoms with Gasteiger partial charge in [-0.2, -0.15) is 0 Å². The molecule has 1 aliphatic carbocycles. The van der Waals surface area contributed by atoms with Crippen molar-refractivity contribution >= 4 is 15.9 Å². The normalized spacial score (nSPS) is 24.6. The molecule has 0 radical (unpaired) electrons. The van der Waals surface area contributed by atoms with E-state index >= 15 is 0 Å². The number of aryl methyl sites for hydroxylation is 1. The molecule has 1 saturated carbocycles. The van der Waals surface area contributed by atoms with Gasteiger partial charge in [0.15, 0.2) is 0 Å². The van der Waals surface area contributed by atoms with Gasteiger partial charge in [-0.15, -0.1) is 0 Å². The van der Waals surface area contributed by atoms with Crippen molar-refractivity contribution in [3.05, 3.63) is 33.8 Å². The van der Waals surface area contributed by atoms with Crippen molar-refractivity contribution in [2.24, 2.45) is 11.8 Å². The predicted molar refractivity (Wildman–Crippen MR) is 91.0 cm³/mol. The van der Waals surface area contributed by atoms with E-state index in [2.05, 4.69) is 60.2 Å². The van der Waals surface area contributed by atoms with Crippen LogP contribution >= 0.6 is 15.9 Å². The van der Waals surface area contributed by atoms with Gasteiger partial charge in [0.1, 0.15) is 0 Å². The van der Waals surface area contributed by atoms with Gasteiger partial charge in [0.25, 0.3) is 0 Å². The van der Waals surface area contributed by atoms with Gasteiger partial charge in [0.2, 0.25) is 0 Å². The highest BCUT2D eigenvalue weighted by Gasteiger charge is 2.27. The molecule has 0 spiro atoms. The van der Waals surface area contributed by atoms with Gasteiger partial charge in [-0.1, -0.05) is 48.7 Å². The molecule has 20 heavy (non-hydrogen) atoms. The van der Waals surface area contributed by atoms with Gasteiger partial charge in [0, 0.05) is 10.5 Å².